The minimum atomic E-state index is -0.283. The van der Waals surface area contributed by atoms with Gasteiger partial charge in [-0.1, -0.05) is 48.0 Å². The third-order valence-corrected chi connectivity index (χ3v) is 5.76. The Hall–Kier alpha value is -2.43. The van der Waals surface area contributed by atoms with E-state index in [1.807, 2.05) is 48.5 Å². The lowest BCUT2D eigenvalue weighted by Gasteiger charge is -2.28. The molecule has 1 aliphatic rings. The zero-order valence-corrected chi connectivity index (χ0v) is 16.7. The number of piperidine rings is 1. The molecule has 1 N–H and O–H groups in total. The Morgan fingerprint density at radius 2 is 2.00 bits per heavy atom. The van der Waals surface area contributed by atoms with Gasteiger partial charge >= 0.3 is 5.97 Å². The number of likely N-dealkylation sites (tertiary alicyclic amines) is 1. The summed E-state index contributed by atoms with van der Waals surface area (Å²) in [5, 5.41) is 1.41. The predicted molar refractivity (Wildman–Crippen MR) is 112 cm³/mol. The largest absolute Gasteiger partial charge is 0.453 e. The average molecular weight is 396 g/mol. The summed E-state index contributed by atoms with van der Waals surface area (Å²) in [4.78, 5) is 19.3. The monoisotopic (exact) mass is 395 g/mol. The van der Waals surface area contributed by atoms with Gasteiger partial charge in [0.1, 0.15) is 6.54 Å². The molecule has 2 atom stereocenters. The van der Waals surface area contributed by atoms with Crippen LogP contribution in [0, 0.1) is 0 Å². The molecule has 0 aliphatic carbocycles. The van der Waals surface area contributed by atoms with Gasteiger partial charge in [0, 0.05) is 22.4 Å². The Morgan fingerprint density at radius 3 is 2.82 bits per heavy atom. The van der Waals surface area contributed by atoms with Crippen molar-refractivity contribution in [2.24, 2.45) is 0 Å². The summed E-state index contributed by atoms with van der Waals surface area (Å²) < 4.78 is 5.92. The molecule has 3 aromatic rings. The van der Waals surface area contributed by atoms with E-state index in [2.05, 4.69) is 6.92 Å². The Kier molecular flexibility index (Phi) is 5.60. The molecule has 2 aromatic carbocycles. The second kappa shape index (κ2) is 8.29. The number of carbonyl (C=O) groups excluding carboxylic acids is 1. The molecule has 28 heavy (non-hydrogen) atoms. The number of fused-ring (bicyclic) bond motifs is 1. The fraction of sp³-hybridized carbons (Fsp3) is 0.304. The number of para-hydroxylation sites is 1. The smallest absolute Gasteiger partial charge is 0.339 e. The zero-order chi connectivity index (χ0) is 19.5. The number of halogens is 1. The molecule has 0 amide bonds. The molecule has 0 bridgehead atoms. The number of nitrogens with one attached hydrogen (secondary N) is 1. The number of benzene rings is 2. The van der Waals surface area contributed by atoms with Crippen LogP contribution in [0.15, 0.2) is 54.6 Å². The van der Waals surface area contributed by atoms with E-state index in [-0.39, 0.29) is 12.1 Å². The quantitative estimate of drug-likeness (QED) is 0.684. The van der Waals surface area contributed by atoms with Crippen molar-refractivity contribution in [1.29, 1.82) is 0 Å². The maximum absolute atomic E-state index is 13.1. The van der Waals surface area contributed by atoms with Crippen LogP contribution in [-0.4, -0.2) is 36.7 Å². The summed E-state index contributed by atoms with van der Waals surface area (Å²) >= 11 is 6.37. The molecule has 0 radical (unpaired) electrons. The van der Waals surface area contributed by atoms with E-state index in [9.17, 15) is 4.79 Å². The zero-order valence-electron chi connectivity index (χ0n) is 16.0. The fourth-order valence-electron chi connectivity index (χ4n) is 3.89. The highest BCUT2D eigenvalue weighted by molar-refractivity contribution is 6.33. The van der Waals surface area contributed by atoms with Gasteiger partial charge in [0.05, 0.1) is 29.9 Å². The fourth-order valence-corrected chi connectivity index (χ4v) is 4.13. The number of hydrogen-bond donors (Lipinski definition) is 1. The Bertz CT molecular complexity index is 1000. The van der Waals surface area contributed by atoms with E-state index < -0.39 is 0 Å². The number of hydrogen-bond acceptors (Lipinski definition) is 3. The summed E-state index contributed by atoms with van der Waals surface area (Å²) in [6.07, 6.45) is 1.98. The summed E-state index contributed by atoms with van der Waals surface area (Å²) in [5.41, 5.74) is 2.80. The van der Waals surface area contributed by atoms with Gasteiger partial charge < -0.3 is 9.64 Å². The van der Waals surface area contributed by atoms with Crippen LogP contribution in [0.4, 0.5) is 0 Å². The highest BCUT2D eigenvalue weighted by Crippen LogP contribution is 2.30. The Balaban J connectivity index is 1.71. The molecule has 1 fully saturated rings. The number of likely N-dealkylation sites (N-methyl/N-ethyl adjacent to an activating group) is 1. The van der Waals surface area contributed by atoms with Gasteiger partial charge in [0.15, 0.2) is 6.10 Å². The second-order valence-electron chi connectivity index (χ2n) is 7.28. The van der Waals surface area contributed by atoms with Crippen LogP contribution in [0.25, 0.3) is 22.2 Å². The summed E-state index contributed by atoms with van der Waals surface area (Å²) in [7, 11) is 0. The molecule has 144 valence electrons. The molecule has 2 heterocycles. The highest BCUT2D eigenvalue weighted by Gasteiger charge is 2.26. The van der Waals surface area contributed by atoms with E-state index in [1.54, 1.807) is 6.07 Å². The van der Waals surface area contributed by atoms with Crippen LogP contribution in [0.3, 0.4) is 0 Å². The lowest BCUT2D eigenvalue weighted by atomic mass is 10.0. The van der Waals surface area contributed by atoms with E-state index in [1.165, 1.54) is 4.90 Å². The highest BCUT2D eigenvalue weighted by atomic mass is 35.5. The van der Waals surface area contributed by atoms with Gasteiger partial charge in [-0.3, -0.25) is 0 Å². The van der Waals surface area contributed by atoms with E-state index in [0.717, 1.165) is 48.9 Å². The van der Waals surface area contributed by atoms with Crippen molar-refractivity contribution in [2.45, 2.75) is 25.9 Å². The van der Waals surface area contributed by atoms with Crippen LogP contribution >= 0.6 is 11.6 Å². The van der Waals surface area contributed by atoms with Gasteiger partial charge in [0.2, 0.25) is 0 Å². The van der Waals surface area contributed by atoms with Gasteiger partial charge in [-0.25, -0.2) is 9.78 Å². The number of ether oxygens (including phenoxy) is 1. The number of nitrogens with zero attached hydrogens (tertiary/aromatic N) is 1. The van der Waals surface area contributed by atoms with Gasteiger partial charge in [-0.2, -0.15) is 0 Å². The minimum absolute atomic E-state index is 0.0353. The Morgan fingerprint density at radius 1 is 1.21 bits per heavy atom. The molecular formula is C23H24ClN2O2+. The summed E-state index contributed by atoms with van der Waals surface area (Å²) in [6, 6.07) is 17.0. The first-order valence-electron chi connectivity index (χ1n) is 9.85. The average Bonchev–Trinajstić information content (AvgIpc) is 2.73. The third-order valence-electron chi connectivity index (χ3n) is 5.43. The topological polar surface area (TPSA) is 43.6 Å². The first-order valence-corrected chi connectivity index (χ1v) is 10.2. The number of pyridine rings is 1. The van der Waals surface area contributed by atoms with Crippen molar-refractivity contribution in [3.8, 4) is 11.3 Å². The maximum atomic E-state index is 13.1. The number of esters is 1. The van der Waals surface area contributed by atoms with Crippen molar-refractivity contribution in [2.75, 3.05) is 19.6 Å². The van der Waals surface area contributed by atoms with Crippen LogP contribution in [-0.2, 0) is 4.74 Å². The minimum Gasteiger partial charge on any atom is -0.453 e. The lowest BCUT2D eigenvalue weighted by Crippen LogP contribution is -3.13. The van der Waals surface area contributed by atoms with Crippen molar-refractivity contribution < 1.29 is 14.4 Å². The van der Waals surface area contributed by atoms with Crippen LogP contribution in [0.2, 0.25) is 5.02 Å². The van der Waals surface area contributed by atoms with Crippen LogP contribution < -0.4 is 4.90 Å². The number of quaternary nitrogens is 1. The van der Waals surface area contributed by atoms with E-state index in [4.69, 9.17) is 21.3 Å². The first-order chi connectivity index (χ1) is 13.7. The first kappa shape index (κ1) is 18.9. The van der Waals surface area contributed by atoms with Gasteiger partial charge in [-0.15, -0.1) is 0 Å². The van der Waals surface area contributed by atoms with Gasteiger partial charge in [0.25, 0.3) is 0 Å². The molecule has 1 aromatic heterocycles. The molecular weight excluding hydrogens is 372 g/mol. The molecule has 0 saturated carbocycles. The summed E-state index contributed by atoms with van der Waals surface area (Å²) in [6.45, 7) is 5.26. The van der Waals surface area contributed by atoms with Crippen molar-refractivity contribution in [3.05, 3.63) is 65.2 Å². The SMILES string of the molecule is CC[NH+]1CCC[C@@H](OC(=O)c2cc(-c3ccccc3Cl)nc3ccccc23)C1. The molecule has 1 aliphatic heterocycles. The normalized spacial score (nSPS) is 19.5. The lowest BCUT2D eigenvalue weighted by molar-refractivity contribution is -0.906. The van der Waals surface area contributed by atoms with Crippen molar-refractivity contribution >= 4 is 28.5 Å². The molecule has 1 saturated heterocycles. The standard InChI is InChI=1S/C23H23ClN2O2/c1-2-26-13-7-8-16(15-26)28-23(27)19-14-22(18-10-3-5-11-20(18)24)25-21-12-6-4-9-17(19)21/h3-6,9-12,14,16H,2,7-8,13,15H2,1H3/p+1/t16-/m1/s1. The van der Waals surface area contributed by atoms with E-state index in [0.29, 0.717) is 16.3 Å². The molecule has 1 unspecified atom stereocenters. The number of carbonyl (C=O) groups is 1. The van der Waals surface area contributed by atoms with Crippen molar-refractivity contribution in [3.63, 3.8) is 0 Å². The predicted octanol–water partition coefficient (Wildman–Crippen LogP) is 3.78. The Labute approximate surface area is 170 Å². The summed E-state index contributed by atoms with van der Waals surface area (Å²) in [5.74, 6) is -0.283. The number of aromatic nitrogens is 1. The third kappa shape index (κ3) is 3.89. The number of rotatable bonds is 4. The molecule has 0 spiro atoms. The van der Waals surface area contributed by atoms with Crippen molar-refractivity contribution in [1.82, 2.24) is 4.98 Å². The molecule has 4 rings (SSSR count). The van der Waals surface area contributed by atoms with Crippen LogP contribution in [0.5, 0.6) is 0 Å². The maximum Gasteiger partial charge on any atom is 0.339 e. The second-order valence-corrected chi connectivity index (χ2v) is 7.69. The molecule has 4 nitrogen and oxygen atoms in total. The van der Waals surface area contributed by atoms with E-state index >= 15 is 0 Å². The molecule has 5 heteroatoms. The van der Waals surface area contributed by atoms with Gasteiger partial charge in [-0.05, 0) is 31.5 Å². The van der Waals surface area contributed by atoms with Crippen LogP contribution in [0.1, 0.15) is 30.1 Å².